The van der Waals surface area contributed by atoms with Gasteiger partial charge in [0, 0.05) is 13.1 Å². The average molecular weight is 331 g/mol. The lowest BCUT2D eigenvalue weighted by atomic mass is 9.99. The third-order valence-electron chi connectivity index (χ3n) is 4.54. The molecule has 0 bridgehead atoms. The summed E-state index contributed by atoms with van der Waals surface area (Å²) in [7, 11) is 0. The molecule has 0 aliphatic carbocycles. The number of benzene rings is 1. The summed E-state index contributed by atoms with van der Waals surface area (Å²) in [6, 6.07) is 6.20. The molecule has 7 heteroatoms. The maximum absolute atomic E-state index is 13.9. The summed E-state index contributed by atoms with van der Waals surface area (Å²) in [5.41, 5.74) is 1.15. The number of nitrogens with zero attached hydrogens (tertiary/aromatic N) is 3. The van der Waals surface area contributed by atoms with Crippen LogP contribution >= 0.6 is 0 Å². The fraction of sp³-hybridized carbons (Fsp3) is 0.353. The van der Waals surface area contributed by atoms with E-state index in [2.05, 4.69) is 5.10 Å². The predicted molar refractivity (Wildman–Crippen MR) is 84.5 cm³/mol. The summed E-state index contributed by atoms with van der Waals surface area (Å²) in [5.74, 6) is -2.25. The van der Waals surface area contributed by atoms with Gasteiger partial charge < -0.3 is 10.0 Å². The molecule has 24 heavy (non-hydrogen) atoms. The number of aliphatic carboxylic acids is 1. The van der Waals surface area contributed by atoms with Crippen molar-refractivity contribution in [1.82, 2.24) is 14.7 Å². The molecule has 126 valence electrons. The molecule has 1 aromatic heterocycles. The van der Waals surface area contributed by atoms with E-state index >= 15 is 0 Å². The van der Waals surface area contributed by atoms with Gasteiger partial charge in [-0.1, -0.05) is 19.1 Å². The molecule has 1 aromatic carbocycles. The van der Waals surface area contributed by atoms with Crippen molar-refractivity contribution >= 4 is 11.9 Å². The van der Waals surface area contributed by atoms with Gasteiger partial charge in [-0.15, -0.1) is 0 Å². The molecule has 1 aliphatic heterocycles. The molecule has 1 saturated heterocycles. The van der Waals surface area contributed by atoms with Crippen LogP contribution in [0.3, 0.4) is 0 Å². The number of hydrogen-bond donors (Lipinski definition) is 1. The Kier molecular flexibility index (Phi) is 4.09. The molecule has 0 unspecified atom stereocenters. The second kappa shape index (κ2) is 6.07. The lowest BCUT2D eigenvalue weighted by molar-refractivity contribution is -0.142. The van der Waals surface area contributed by atoms with Crippen molar-refractivity contribution in [3.63, 3.8) is 0 Å². The number of carboxylic acids is 1. The summed E-state index contributed by atoms with van der Waals surface area (Å²) in [5, 5.41) is 13.3. The number of carbonyl (C=O) groups excluding carboxylic acids is 1. The summed E-state index contributed by atoms with van der Waals surface area (Å²) in [6.07, 6.45) is 1.41. The van der Waals surface area contributed by atoms with Gasteiger partial charge in [-0.3, -0.25) is 9.59 Å². The smallest absolute Gasteiger partial charge is 0.308 e. The van der Waals surface area contributed by atoms with Crippen LogP contribution in [0.4, 0.5) is 4.39 Å². The zero-order valence-electron chi connectivity index (χ0n) is 13.4. The molecule has 1 amide bonds. The monoisotopic (exact) mass is 331 g/mol. The van der Waals surface area contributed by atoms with Gasteiger partial charge in [0.05, 0.1) is 23.4 Å². The first-order chi connectivity index (χ1) is 11.4. The standard InChI is InChI=1S/C17H18FN3O3/c1-10-8-20(9-13(10)17(23)24)16(22)12-7-19-21(11(12)2)15-6-4-3-5-14(15)18/h3-7,10,13H,8-9H2,1-2H3,(H,23,24)/t10-,13-/m1/s1. The van der Waals surface area contributed by atoms with Crippen molar-refractivity contribution < 1.29 is 19.1 Å². The number of para-hydroxylation sites is 1. The highest BCUT2D eigenvalue weighted by Crippen LogP contribution is 2.26. The lowest BCUT2D eigenvalue weighted by Crippen LogP contribution is -2.30. The molecule has 2 heterocycles. The van der Waals surface area contributed by atoms with Crippen molar-refractivity contribution in [2.75, 3.05) is 13.1 Å². The van der Waals surface area contributed by atoms with Crippen LogP contribution in [0.15, 0.2) is 30.5 Å². The number of halogens is 1. The summed E-state index contributed by atoms with van der Waals surface area (Å²) < 4.78 is 15.3. The first kappa shape index (κ1) is 16.2. The first-order valence-electron chi connectivity index (χ1n) is 7.71. The predicted octanol–water partition coefficient (Wildman–Crippen LogP) is 2.11. The Bertz CT molecular complexity index is 802. The van der Waals surface area contributed by atoms with E-state index in [0.29, 0.717) is 17.8 Å². The maximum atomic E-state index is 13.9. The quantitative estimate of drug-likeness (QED) is 0.935. The number of aromatic nitrogens is 2. The normalized spacial score (nSPS) is 20.4. The average Bonchev–Trinajstić information content (AvgIpc) is 3.11. The van der Waals surface area contributed by atoms with Gasteiger partial charge >= 0.3 is 5.97 Å². The van der Waals surface area contributed by atoms with E-state index in [1.165, 1.54) is 21.8 Å². The van der Waals surface area contributed by atoms with Gasteiger partial charge in [-0.25, -0.2) is 9.07 Å². The number of hydrogen-bond acceptors (Lipinski definition) is 3. The van der Waals surface area contributed by atoms with Crippen LogP contribution in [0.2, 0.25) is 0 Å². The van der Waals surface area contributed by atoms with Crippen LogP contribution in [0.1, 0.15) is 23.0 Å². The van der Waals surface area contributed by atoms with E-state index < -0.39 is 17.7 Å². The van der Waals surface area contributed by atoms with E-state index in [9.17, 15) is 19.1 Å². The Morgan fingerprint density at radius 2 is 2.00 bits per heavy atom. The molecule has 0 spiro atoms. The second-order valence-electron chi connectivity index (χ2n) is 6.14. The van der Waals surface area contributed by atoms with E-state index in [0.717, 1.165) is 0 Å². The number of rotatable bonds is 3. The van der Waals surface area contributed by atoms with Crippen LogP contribution in [-0.2, 0) is 4.79 Å². The summed E-state index contributed by atoms with van der Waals surface area (Å²) in [6.45, 7) is 4.09. The molecule has 3 rings (SSSR count). The van der Waals surface area contributed by atoms with Crippen molar-refractivity contribution in [3.05, 3.63) is 47.5 Å². The van der Waals surface area contributed by atoms with Crippen molar-refractivity contribution in [1.29, 1.82) is 0 Å². The van der Waals surface area contributed by atoms with Crippen LogP contribution in [0.25, 0.3) is 5.69 Å². The molecule has 2 atom stereocenters. The topological polar surface area (TPSA) is 75.4 Å². The highest BCUT2D eigenvalue weighted by atomic mass is 19.1. The fourth-order valence-corrected chi connectivity index (χ4v) is 3.11. The Labute approximate surface area is 138 Å². The minimum Gasteiger partial charge on any atom is -0.481 e. The van der Waals surface area contributed by atoms with Gasteiger partial charge in [-0.2, -0.15) is 5.10 Å². The zero-order valence-corrected chi connectivity index (χ0v) is 13.4. The Hall–Kier alpha value is -2.70. The Morgan fingerprint density at radius 1 is 1.29 bits per heavy atom. The number of carboxylic acid groups (broad SMARTS) is 1. The largest absolute Gasteiger partial charge is 0.481 e. The number of carbonyl (C=O) groups is 2. The Balaban J connectivity index is 1.88. The molecule has 0 radical (unpaired) electrons. The van der Waals surface area contributed by atoms with Crippen molar-refractivity contribution in [2.24, 2.45) is 11.8 Å². The van der Waals surface area contributed by atoms with Gasteiger partial charge in [0.1, 0.15) is 11.5 Å². The SMILES string of the molecule is Cc1c(C(=O)N2C[C@@H](C)[C@H](C(=O)O)C2)cnn1-c1ccccc1F. The first-order valence-corrected chi connectivity index (χ1v) is 7.71. The molecule has 1 fully saturated rings. The van der Waals surface area contributed by atoms with Gasteiger partial charge in [0.2, 0.25) is 0 Å². The van der Waals surface area contributed by atoms with Crippen LogP contribution < -0.4 is 0 Å². The summed E-state index contributed by atoms with van der Waals surface area (Å²) in [4.78, 5) is 25.4. The molecule has 0 saturated carbocycles. The second-order valence-corrected chi connectivity index (χ2v) is 6.14. The van der Waals surface area contributed by atoms with Crippen LogP contribution in [0, 0.1) is 24.6 Å². The number of amides is 1. The van der Waals surface area contributed by atoms with Gasteiger partial charge in [0.15, 0.2) is 0 Å². The van der Waals surface area contributed by atoms with Crippen LogP contribution in [-0.4, -0.2) is 44.8 Å². The molecule has 1 aliphatic rings. The minimum absolute atomic E-state index is 0.103. The fourth-order valence-electron chi connectivity index (χ4n) is 3.11. The summed E-state index contributed by atoms with van der Waals surface area (Å²) >= 11 is 0. The van der Waals surface area contributed by atoms with Gasteiger partial charge in [0.25, 0.3) is 5.91 Å². The van der Waals surface area contributed by atoms with Crippen molar-refractivity contribution in [3.8, 4) is 5.69 Å². The van der Waals surface area contributed by atoms with E-state index in [4.69, 9.17) is 0 Å². The zero-order chi connectivity index (χ0) is 17.4. The van der Waals surface area contributed by atoms with E-state index in [1.807, 2.05) is 6.92 Å². The highest BCUT2D eigenvalue weighted by molar-refractivity contribution is 5.95. The van der Waals surface area contributed by atoms with Crippen LogP contribution in [0.5, 0.6) is 0 Å². The Morgan fingerprint density at radius 3 is 2.62 bits per heavy atom. The van der Waals surface area contributed by atoms with E-state index in [-0.39, 0.29) is 24.1 Å². The molecular formula is C17H18FN3O3. The minimum atomic E-state index is -0.892. The molecule has 1 N–H and O–H groups in total. The van der Waals surface area contributed by atoms with Crippen molar-refractivity contribution in [2.45, 2.75) is 13.8 Å². The maximum Gasteiger partial charge on any atom is 0.308 e. The molecule has 2 aromatic rings. The molecule has 6 nitrogen and oxygen atoms in total. The van der Waals surface area contributed by atoms with Gasteiger partial charge in [-0.05, 0) is 25.0 Å². The third-order valence-corrected chi connectivity index (χ3v) is 4.54. The molecular weight excluding hydrogens is 313 g/mol. The highest BCUT2D eigenvalue weighted by Gasteiger charge is 2.38. The lowest BCUT2D eigenvalue weighted by Gasteiger charge is -2.15. The van der Waals surface area contributed by atoms with E-state index in [1.54, 1.807) is 25.1 Å². The number of likely N-dealkylation sites (tertiary alicyclic amines) is 1. The third kappa shape index (κ3) is 2.66.